The lowest BCUT2D eigenvalue weighted by Gasteiger charge is -2.25. The molecule has 0 bridgehead atoms. The summed E-state index contributed by atoms with van der Waals surface area (Å²) in [6, 6.07) is 0. The number of hydrogen-bond donors (Lipinski definition) is 0. The predicted octanol–water partition coefficient (Wildman–Crippen LogP) is 0.415. The smallest absolute Gasteiger partial charge is 0.330 e. The highest BCUT2D eigenvalue weighted by Crippen LogP contribution is 2.08. The maximum atomic E-state index is 11.0. The first-order chi connectivity index (χ1) is 12.4. The molecule has 0 aliphatic rings. The van der Waals surface area contributed by atoms with E-state index in [4.69, 9.17) is 28.7 Å². The van der Waals surface area contributed by atoms with E-state index in [1.807, 2.05) is 0 Å². The van der Waals surface area contributed by atoms with Crippen LogP contribution in [-0.4, -0.2) is 69.6 Å². The average Bonchev–Trinajstić information content (AvgIpc) is 2.65. The number of esters is 3. The lowest BCUT2D eigenvalue weighted by atomic mass is 10.6. The quantitative estimate of drug-likeness (QED) is 0.101. The summed E-state index contributed by atoms with van der Waals surface area (Å²) in [7, 11) is 1.40. The topological polar surface area (TPSA) is 107 Å². The zero-order valence-electron chi connectivity index (χ0n) is 14.7. The predicted molar refractivity (Wildman–Crippen MR) is 87.5 cm³/mol. The van der Waals surface area contributed by atoms with Gasteiger partial charge >= 0.3 is 17.9 Å². The van der Waals surface area contributed by atoms with Crippen LogP contribution in [0.4, 0.5) is 0 Å². The molecule has 0 heterocycles. The number of nitrogens with zero attached hydrogens (tertiary/aromatic N) is 1. The highest BCUT2D eigenvalue weighted by atomic mass is 17.2. The highest BCUT2D eigenvalue weighted by molar-refractivity contribution is 5.81. The fraction of sp³-hybridized carbons (Fsp3) is 0.438. The van der Waals surface area contributed by atoms with Crippen molar-refractivity contribution in [3.63, 3.8) is 0 Å². The molecule has 0 radical (unpaired) electrons. The minimum atomic E-state index is -0.817. The van der Waals surface area contributed by atoms with Gasteiger partial charge in [-0.15, -0.1) is 14.5 Å². The number of carbonyl (C=O) groups excluding carboxylic acids is 3. The van der Waals surface area contributed by atoms with Crippen LogP contribution in [-0.2, 0) is 43.1 Å². The molecule has 0 amide bonds. The van der Waals surface area contributed by atoms with Gasteiger partial charge in [-0.05, 0) is 0 Å². The molecule has 0 aliphatic heterocycles. The van der Waals surface area contributed by atoms with Crippen LogP contribution in [0.3, 0.4) is 0 Å². The Bertz CT molecular complexity index is 435. The van der Waals surface area contributed by atoms with E-state index < -0.39 is 22.9 Å². The molecule has 10 heteroatoms. The molecule has 0 fully saturated rings. The van der Waals surface area contributed by atoms with Crippen LogP contribution in [0.1, 0.15) is 0 Å². The van der Waals surface area contributed by atoms with Crippen LogP contribution >= 0.6 is 0 Å². The van der Waals surface area contributed by atoms with Crippen LogP contribution in [0.2, 0.25) is 0 Å². The van der Waals surface area contributed by atoms with E-state index in [0.29, 0.717) is 0 Å². The first-order valence-corrected chi connectivity index (χ1v) is 7.54. The molecule has 0 atom stereocenters. The van der Waals surface area contributed by atoms with Crippen molar-refractivity contribution in [3.8, 4) is 0 Å². The highest BCUT2D eigenvalue weighted by Gasteiger charge is 2.29. The number of hydroxylamine groups is 3. The molecule has 10 nitrogen and oxygen atoms in total. The number of ether oxygens (including phenoxy) is 3. The fourth-order valence-corrected chi connectivity index (χ4v) is 1.32. The van der Waals surface area contributed by atoms with Gasteiger partial charge in [-0.1, -0.05) is 19.7 Å². The van der Waals surface area contributed by atoms with Crippen LogP contribution in [0.5, 0.6) is 0 Å². The summed E-state index contributed by atoms with van der Waals surface area (Å²) in [6.07, 6.45) is 3.05. The standard InChI is InChI=1S/C16H24NO9/c1-5-14(18)21-8-11-24-17(4,25-12-9-22-15(19)6-2)26-13-10-23-16(20)7-3/h5-7H,1-3,8-13H2,4H3/q+1. The summed E-state index contributed by atoms with van der Waals surface area (Å²) in [5.41, 5.74) is 0. The van der Waals surface area contributed by atoms with Gasteiger partial charge in [0, 0.05) is 18.2 Å². The van der Waals surface area contributed by atoms with Gasteiger partial charge < -0.3 is 14.2 Å². The molecule has 0 unspecified atom stereocenters. The average molecular weight is 374 g/mol. The van der Waals surface area contributed by atoms with Crippen LogP contribution in [0.25, 0.3) is 0 Å². The number of rotatable bonds is 15. The van der Waals surface area contributed by atoms with Crippen molar-refractivity contribution in [3.05, 3.63) is 38.0 Å². The Morgan fingerprint density at radius 3 is 1.15 bits per heavy atom. The molecule has 0 aromatic heterocycles. The summed E-state index contributed by atoms with van der Waals surface area (Å²) in [5, 5.41) is 0. The number of carbonyl (C=O) groups is 3. The summed E-state index contributed by atoms with van der Waals surface area (Å²) in [6.45, 7) is 9.41. The van der Waals surface area contributed by atoms with E-state index in [1.54, 1.807) is 0 Å². The molecule has 26 heavy (non-hydrogen) atoms. The third kappa shape index (κ3) is 11.9. The van der Waals surface area contributed by atoms with Gasteiger partial charge in [-0.3, -0.25) is 0 Å². The van der Waals surface area contributed by atoms with Crippen molar-refractivity contribution in [1.29, 1.82) is 0 Å². The third-order valence-electron chi connectivity index (χ3n) is 2.46. The normalized spacial score (nSPS) is 10.5. The van der Waals surface area contributed by atoms with E-state index in [1.165, 1.54) is 7.05 Å². The van der Waals surface area contributed by atoms with Gasteiger partial charge in [0.25, 0.3) is 0 Å². The van der Waals surface area contributed by atoms with Gasteiger partial charge in [0.15, 0.2) is 7.05 Å². The second-order valence-corrected chi connectivity index (χ2v) is 4.39. The Morgan fingerprint density at radius 1 is 0.654 bits per heavy atom. The van der Waals surface area contributed by atoms with Gasteiger partial charge in [-0.25, -0.2) is 14.4 Å². The summed E-state index contributed by atoms with van der Waals surface area (Å²) in [5.74, 6) is -1.80. The van der Waals surface area contributed by atoms with Crippen LogP contribution in [0.15, 0.2) is 38.0 Å². The molecule has 146 valence electrons. The third-order valence-corrected chi connectivity index (χ3v) is 2.46. The Morgan fingerprint density at radius 2 is 0.923 bits per heavy atom. The second-order valence-electron chi connectivity index (χ2n) is 4.39. The minimum absolute atomic E-state index is 0.0605. The van der Waals surface area contributed by atoms with E-state index in [9.17, 15) is 14.4 Å². The zero-order chi connectivity index (χ0) is 19.8. The van der Waals surface area contributed by atoms with Crippen LogP contribution in [0, 0.1) is 0 Å². The monoisotopic (exact) mass is 374 g/mol. The van der Waals surface area contributed by atoms with E-state index in [0.717, 1.165) is 18.2 Å². The summed E-state index contributed by atoms with van der Waals surface area (Å²) >= 11 is 0. The zero-order valence-corrected chi connectivity index (χ0v) is 14.7. The second kappa shape index (κ2) is 13.7. The van der Waals surface area contributed by atoms with Crippen molar-refractivity contribution in [2.24, 2.45) is 0 Å². The molecular weight excluding hydrogens is 350 g/mol. The van der Waals surface area contributed by atoms with Crippen molar-refractivity contribution < 1.29 is 48.1 Å². The lowest BCUT2D eigenvalue weighted by Crippen LogP contribution is -2.46. The first kappa shape index (κ1) is 23.5. The molecule has 0 saturated carbocycles. The van der Waals surface area contributed by atoms with Crippen molar-refractivity contribution in [1.82, 2.24) is 0 Å². The van der Waals surface area contributed by atoms with E-state index in [-0.39, 0.29) is 39.6 Å². The lowest BCUT2D eigenvalue weighted by molar-refractivity contribution is -1.36. The van der Waals surface area contributed by atoms with E-state index in [2.05, 4.69) is 19.7 Å². The largest absolute Gasteiger partial charge is 0.460 e. The van der Waals surface area contributed by atoms with Crippen molar-refractivity contribution >= 4 is 17.9 Å². The fourth-order valence-electron chi connectivity index (χ4n) is 1.32. The Hall–Kier alpha value is -2.53. The van der Waals surface area contributed by atoms with Gasteiger partial charge in [-0.2, -0.15) is 0 Å². The number of quaternary nitrogens is 1. The molecular formula is C16H24NO9+. The maximum Gasteiger partial charge on any atom is 0.330 e. The Balaban J connectivity index is 4.38. The molecule has 0 spiro atoms. The molecule has 0 aliphatic carbocycles. The summed E-state index contributed by atoms with van der Waals surface area (Å²) in [4.78, 5) is 48.1. The summed E-state index contributed by atoms with van der Waals surface area (Å²) < 4.78 is 14.3. The Labute approximate surface area is 151 Å². The SMILES string of the molecule is C=CC(=O)OCCO[N+](C)(OCCOC(=O)C=C)OCCOC(=O)C=C. The molecule has 0 aromatic rings. The van der Waals surface area contributed by atoms with Gasteiger partial charge in [0.05, 0.1) is 4.97 Å². The van der Waals surface area contributed by atoms with Crippen molar-refractivity contribution in [2.75, 3.05) is 46.7 Å². The van der Waals surface area contributed by atoms with Crippen LogP contribution < -0.4 is 0 Å². The Kier molecular flexibility index (Phi) is 12.4. The molecule has 0 rings (SSSR count). The van der Waals surface area contributed by atoms with Gasteiger partial charge in [0.2, 0.25) is 0 Å². The van der Waals surface area contributed by atoms with Gasteiger partial charge in [0.1, 0.15) is 39.6 Å². The maximum absolute atomic E-state index is 11.0. The minimum Gasteiger partial charge on any atom is -0.460 e. The molecule has 0 N–H and O–H groups in total. The van der Waals surface area contributed by atoms with Crippen molar-refractivity contribution in [2.45, 2.75) is 0 Å². The number of hydrogen-bond acceptors (Lipinski definition) is 9. The molecule has 0 saturated heterocycles. The van der Waals surface area contributed by atoms with E-state index >= 15 is 0 Å². The first-order valence-electron chi connectivity index (χ1n) is 7.54. The molecule has 0 aromatic carbocycles.